The minimum Gasteiger partial charge on any atom is -0.459 e. The van der Waals surface area contributed by atoms with Crippen LogP contribution in [0.15, 0.2) is 23.1 Å². The lowest BCUT2D eigenvalue weighted by Gasteiger charge is -2.16. The first-order valence-electron chi connectivity index (χ1n) is 7.18. The smallest absolute Gasteiger partial charge is 0.338 e. The van der Waals surface area contributed by atoms with Crippen molar-refractivity contribution in [1.82, 2.24) is 0 Å². The quantitative estimate of drug-likeness (QED) is 0.526. The van der Waals surface area contributed by atoms with E-state index in [2.05, 4.69) is 0 Å². The Morgan fingerprint density at radius 1 is 1.14 bits per heavy atom. The highest BCUT2D eigenvalue weighted by molar-refractivity contribution is 7.90. The molecule has 0 unspecified atom stereocenters. The Morgan fingerprint density at radius 3 is 2.33 bits per heavy atom. The van der Waals surface area contributed by atoms with Crippen molar-refractivity contribution >= 4 is 21.5 Å². The fourth-order valence-electron chi connectivity index (χ4n) is 2.53. The van der Waals surface area contributed by atoms with Gasteiger partial charge in [0.05, 0.1) is 10.5 Å². The highest BCUT2D eigenvalue weighted by Gasteiger charge is 2.19. The summed E-state index contributed by atoms with van der Waals surface area (Å²) >= 11 is 0. The Balaban J connectivity index is 2.17. The Hall–Kier alpha value is -1.56. The molecule has 1 aliphatic carbocycles. The van der Waals surface area contributed by atoms with Gasteiger partial charge in [-0.05, 0) is 43.9 Å². The van der Waals surface area contributed by atoms with Gasteiger partial charge in [-0.25, -0.2) is 13.2 Å². The third-order valence-corrected chi connectivity index (χ3v) is 4.76. The molecule has 0 amide bonds. The lowest BCUT2D eigenvalue weighted by Crippen LogP contribution is -2.18. The fourth-order valence-corrected chi connectivity index (χ4v) is 3.22. The van der Waals surface area contributed by atoms with E-state index in [0.717, 1.165) is 31.9 Å². The average Bonchev–Trinajstić information content (AvgIpc) is 2.65. The van der Waals surface area contributed by atoms with Gasteiger partial charge in [-0.15, -0.1) is 0 Å². The minimum atomic E-state index is -3.41. The summed E-state index contributed by atoms with van der Waals surface area (Å²) in [7, 11) is -3.41. The molecule has 21 heavy (non-hydrogen) atoms. The molecular formula is C15H21NO4S. The molecule has 1 fully saturated rings. The van der Waals surface area contributed by atoms with Gasteiger partial charge in [0.25, 0.3) is 0 Å². The first-order chi connectivity index (χ1) is 9.86. The summed E-state index contributed by atoms with van der Waals surface area (Å²) in [5, 5.41) is 0. The van der Waals surface area contributed by atoms with Crippen molar-refractivity contribution in [3.05, 3.63) is 23.8 Å². The van der Waals surface area contributed by atoms with Gasteiger partial charge in [0.1, 0.15) is 6.10 Å². The molecule has 1 aliphatic rings. The normalized spacial score (nSPS) is 17.2. The number of carbonyl (C=O) groups is 1. The molecule has 2 N–H and O–H groups in total. The van der Waals surface area contributed by atoms with E-state index in [9.17, 15) is 13.2 Å². The molecule has 1 saturated carbocycles. The number of rotatable bonds is 3. The molecular weight excluding hydrogens is 290 g/mol. The first kappa shape index (κ1) is 15.8. The number of nitrogens with two attached hydrogens (primary N) is 1. The number of hydrogen-bond donors (Lipinski definition) is 1. The summed E-state index contributed by atoms with van der Waals surface area (Å²) in [4.78, 5) is 12.2. The van der Waals surface area contributed by atoms with E-state index in [-0.39, 0.29) is 22.3 Å². The van der Waals surface area contributed by atoms with Crippen LogP contribution in [0.2, 0.25) is 0 Å². The van der Waals surface area contributed by atoms with E-state index in [1.165, 1.54) is 31.0 Å². The molecule has 116 valence electrons. The van der Waals surface area contributed by atoms with Crippen LogP contribution in [-0.4, -0.2) is 26.7 Å². The monoisotopic (exact) mass is 311 g/mol. The second-order valence-electron chi connectivity index (χ2n) is 5.58. The van der Waals surface area contributed by atoms with E-state index in [4.69, 9.17) is 10.5 Å². The molecule has 1 aromatic rings. The SMILES string of the molecule is CS(=O)(=O)c1cc(N)cc(C(=O)OC2CCCCCC2)c1. The highest BCUT2D eigenvalue weighted by Crippen LogP contribution is 2.22. The number of esters is 1. The second kappa shape index (κ2) is 6.47. The van der Waals surface area contributed by atoms with Crippen LogP contribution in [0.5, 0.6) is 0 Å². The summed E-state index contributed by atoms with van der Waals surface area (Å²) in [5.74, 6) is -0.501. The van der Waals surface area contributed by atoms with Crippen LogP contribution < -0.4 is 5.73 Å². The van der Waals surface area contributed by atoms with Gasteiger partial charge in [-0.1, -0.05) is 12.8 Å². The predicted octanol–water partition coefficient (Wildman–Crippen LogP) is 2.55. The first-order valence-corrected chi connectivity index (χ1v) is 9.07. The van der Waals surface area contributed by atoms with E-state index in [1.54, 1.807) is 0 Å². The van der Waals surface area contributed by atoms with Gasteiger partial charge >= 0.3 is 5.97 Å². The molecule has 0 saturated heterocycles. The average molecular weight is 311 g/mol. The van der Waals surface area contributed by atoms with Crippen LogP contribution >= 0.6 is 0 Å². The van der Waals surface area contributed by atoms with Crippen molar-refractivity contribution in [3.8, 4) is 0 Å². The van der Waals surface area contributed by atoms with Crippen molar-refractivity contribution in [2.75, 3.05) is 12.0 Å². The number of sulfone groups is 1. The second-order valence-corrected chi connectivity index (χ2v) is 7.60. The summed E-state index contributed by atoms with van der Waals surface area (Å²) in [6.45, 7) is 0. The Labute approximate surface area is 125 Å². The molecule has 5 nitrogen and oxygen atoms in total. The number of hydrogen-bond acceptors (Lipinski definition) is 5. The number of ether oxygens (including phenoxy) is 1. The maximum atomic E-state index is 12.2. The molecule has 0 bridgehead atoms. The molecule has 0 spiro atoms. The van der Waals surface area contributed by atoms with Gasteiger partial charge in [-0.2, -0.15) is 0 Å². The molecule has 2 rings (SSSR count). The largest absolute Gasteiger partial charge is 0.459 e. The Bertz CT molecular complexity index is 617. The van der Waals surface area contributed by atoms with E-state index >= 15 is 0 Å². The van der Waals surface area contributed by atoms with E-state index in [0.29, 0.717) is 0 Å². The lowest BCUT2D eigenvalue weighted by atomic mass is 10.1. The Morgan fingerprint density at radius 2 is 1.76 bits per heavy atom. The van der Waals surface area contributed by atoms with Gasteiger partial charge in [0.2, 0.25) is 0 Å². The summed E-state index contributed by atoms with van der Waals surface area (Å²) in [5.41, 5.74) is 6.12. The molecule has 6 heteroatoms. The third kappa shape index (κ3) is 4.46. The number of nitrogen functional groups attached to an aromatic ring is 1. The van der Waals surface area contributed by atoms with Crippen LogP contribution in [0.4, 0.5) is 5.69 Å². The molecule has 0 radical (unpaired) electrons. The highest BCUT2D eigenvalue weighted by atomic mass is 32.2. The van der Waals surface area contributed by atoms with Gasteiger partial charge < -0.3 is 10.5 Å². The molecule has 0 aliphatic heterocycles. The fraction of sp³-hybridized carbons (Fsp3) is 0.533. The Kier molecular flexibility index (Phi) is 4.88. The summed E-state index contributed by atoms with van der Waals surface area (Å²) in [6, 6.07) is 4.12. The lowest BCUT2D eigenvalue weighted by molar-refractivity contribution is 0.0267. The maximum absolute atomic E-state index is 12.2. The van der Waals surface area contributed by atoms with Crippen LogP contribution in [0.25, 0.3) is 0 Å². The molecule has 0 aromatic heterocycles. The van der Waals surface area contributed by atoms with Crippen LogP contribution in [0, 0.1) is 0 Å². The third-order valence-electron chi connectivity index (χ3n) is 3.67. The summed E-state index contributed by atoms with van der Waals surface area (Å²) in [6.07, 6.45) is 7.20. The van der Waals surface area contributed by atoms with Crippen LogP contribution in [-0.2, 0) is 14.6 Å². The number of benzene rings is 1. The number of anilines is 1. The van der Waals surface area contributed by atoms with Crippen molar-refractivity contribution in [2.45, 2.75) is 49.5 Å². The molecule has 0 atom stereocenters. The zero-order valence-electron chi connectivity index (χ0n) is 12.2. The minimum absolute atomic E-state index is 0.0373. The maximum Gasteiger partial charge on any atom is 0.338 e. The standard InChI is InChI=1S/C15H21NO4S/c1-21(18,19)14-9-11(8-12(16)10-14)15(17)20-13-6-4-2-3-5-7-13/h8-10,13H,2-7,16H2,1H3. The zero-order chi connectivity index (χ0) is 15.5. The predicted molar refractivity (Wildman–Crippen MR) is 80.9 cm³/mol. The van der Waals surface area contributed by atoms with Gasteiger partial charge in [0, 0.05) is 11.9 Å². The zero-order valence-corrected chi connectivity index (χ0v) is 13.0. The van der Waals surface area contributed by atoms with Crippen molar-refractivity contribution in [3.63, 3.8) is 0 Å². The van der Waals surface area contributed by atoms with Crippen molar-refractivity contribution < 1.29 is 17.9 Å². The van der Waals surface area contributed by atoms with Crippen LogP contribution in [0.3, 0.4) is 0 Å². The van der Waals surface area contributed by atoms with Gasteiger partial charge in [0.15, 0.2) is 9.84 Å². The topological polar surface area (TPSA) is 86.5 Å². The van der Waals surface area contributed by atoms with E-state index in [1.807, 2.05) is 0 Å². The number of carbonyl (C=O) groups excluding carboxylic acids is 1. The van der Waals surface area contributed by atoms with Crippen molar-refractivity contribution in [1.29, 1.82) is 0 Å². The van der Waals surface area contributed by atoms with Crippen LogP contribution in [0.1, 0.15) is 48.9 Å². The molecule has 1 aromatic carbocycles. The van der Waals surface area contributed by atoms with Crippen molar-refractivity contribution in [2.24, 2.45) is 0 Å². The summed E-state index contributed by atoms with van der Waals surface area (Å²) < 4.78 is 28.7. The van der Waals surface area contributed by atoms with E-state index < -0.39 is 15.8 Å². The molecule has 0 heterocycles. The van der Waals surface area contributed by atoms with Gasteiger partial charge in [-0.3, -0.25) is 0 Å².